The first kappa shape index (κ1) is 6.99. The van der Waals surface area contributed by atoms with Crippen molar-refractivity contribution in [3.05, 3.63) is 11.4 Å². The van der Waals surface area contributed by atoms with Crippen molar-refractivity contribution in [2.24, 2.45) is 4.99 Å². The summed E-state index contributed by atoms with van der Waals surface area (Å²) in [7, 11) is 0. The Labute approximate surface area is 59.8 Å². The molecule has 10 heavy (non-hydrogen) atoms. The Morgan fingerprint density at radius 2 is 2.30 bits per heavy atom. The number of hydrogen-bond donors (Lipinski definition) is 1. The minimum absolute atomic E-state index is 0.0352. The van der Waals surface area contributed by atoms with Gasteiger partial charge >= 0.3 is 0 Å². The van der Waals surface area contributed by atoms with Crippen LogP contribution < -0.4 is 5.32 Å². The van der Waals surface area contributed by atoms with Crippen LogP contribution in [0.1, 0.15) is 19.8 Å². The van der Waals surface area contributed by atoms with Crippen LogP contribution in [0, 0.1) is 0 Å². The van der Waals surface area contributed by atoms with E-state index in [1.54, 1.807) is 0 Å². The van der Waals surface area contributed by atoms with Crippen LogP contribution in [0.5, 0.6) is 0 Å². The lowest BCUT2D eigenvalue weighted by Gasteiger charge is -2.13. The van der Waals surface area contributed by atoms with Crippen molar-refractivity contribution in [1.82, 2.24) is 5.32 Å². The van der Waals surface area contributed by atoms with E-state index in [0.29, 0.717) is 12.2 Å². The molecule has 0 atom stereocenters. The van der Waals surface area contributed by atoms with Gasteiger partial charge in [0.05, 0.1) is 0 Å². The Bertz CT molecular complexity index is 206. The Morgan fingerprint density at radius 1 is 1.60 bits per heavy atom. The highest BCUT2D eigenvalue weighted by Crippen LogP contribution is 2.13. The monoisotopic (exact) mass is 138 g/mol. The predicted octanol–water partition coefficient (Wildman–Crippen LogP) is 0.829. The van der Waals surface area contributed by atoms with E-state index in [1.165, 1.54) is 0 Å². The predicted molar refractivity (Wildman–Crippen MR) is 39.6 cm³/mol. The lowest BCUT2D eigenvalue weighted by molar-refractivity contribution is -0.120. The number of nitrogens with zero attached hydrogens (tertiary/aromatic N) is 1. The first-order valence-electron chi connectivity index (χ1n) is 3.20. The molecule has 0 radical (unpaired) electrons. The van der Waals surface area contributed by atoms with E-state index in [4.69, 9.17) is 0 Å². The second-order valence-electron chi connectivity index (χ2n) is 2.34. The molecule has 0 saturated carbocycles. The quantitative estimate of drug-likeness (QED) is 0.536. The molecule has 0 aromatic heterocycles. The number of carbonyl (C=O) groups excluding carboxylic acids is 1. The maximum absolute atomic E-state index is 10.7. The molecular weight excluding hydrogens is 128 g/mol. The molecule has 0 spiro atoms. The van der Waals surface area contributed by atoms with E-state index >= 15 is 0 Å². The Kier molecular flexibility index (Phi) is 1.85. The summed E-state index contributed by atoms with van der Waals surface area (Å²) in [6, 6.07) is 0. The molecule has 0 aromatic carbocycles. The molecule has 0 bridgehead atoms. The van der Waals surface area contributed by atoms with Gasteiger partial charge < -0.3 is 5.32 Å². The zero-order chi connectivity index (χ0) is 7.56. The molecular formula is C7H10N2O. The van der Waals surface area contributed by atoms with E-state index < -0.39 is 0 Å². The highest BCUT2D eigenvalue weighted by molar-refractivity contribution is 5.79. The van der Waals surface area contributed by atoms with E-state index in [2.05, 4.69) is 17.0 Å². The third kappa shape index (κ3) is 1.23. The third-order valence-corrected chi connectivity index (χ3v) is 1.55. The highest BCUT2D eigenvalue weighted by Gasteiger charge is 2.12. The molecule has 1 heterocycles. The fourth-order valence-electron chi connectivity index (χ4n) is 0.895. The molecule has 0 unspecified atom stereocenters. The van der Waals surface area contributed by atoms with Crippen molar-refractivity contribution < 1.29 is 4.79 Å². The zero-order valence-electron chi connectivity index (χ0n) is 5.98. The van der Waals surface area contributed by atoms with Gasteiger partial charge in [0.15, 0.2) is 0 Å². The van der Waals surface area contributed by atoms with E-state index in [9.17, 15) is 4.79 Å². The van der Waals surface area contributed by atoms with Crippen molar-refractivity contribution in [3.8, 4) is 0 Å². The van der Waals surface area contributed by atoms with Crippen molar-refractivity contribution >= 4 is 12.6 Å². The number of rotatable bonds is 1. The van der Waals surface area contributed by atoms with Gasteiger partial charge in [0, 0.05) is 6.42 Å². The number of aliphatic imine (C=N–C) groups is 1. The summed E-state index contributed by atoms with van der Waals surface area (Å²) in [4.78, 5) is 14.4. The van der Waals surface area contributed by atoms with Gasteiger partial charge in [-0.15, -0.1) is 0 Å². The maximum Gasteiger partial charge on any atom is 0.225 e. The fourth-order valence-corrected chi connectivity index (χ4v) is 0.895. The Morgan fingerprint density at radius 3 is 2.80 bits per heavy atom. The lowest BCUT2D eigenvalue weighted by Crippen LogP contribution is -2.26. The second kappa shape index (κ2) is 2.64. The van der Waals surface area contributed by atoms with Gasteiger partial charge in [0.2, 0.25) is 5.91 Å². The number of hydrogen-bond acceptors (Lipinski definition) is 2. The van der Waals surface area contributed by atoms with Crippen LogP contribution in [0.3, 0.4) is 0 Å². The molecule has 0 aromatic rings. The topological polar surface area (TPSA) is 41.5 Å². The van der Waals surface area contributed by atoms with Gasteiger partial charge in [-0.3, -0.25) is 4.79 Å². The van der Waals surface area contributed by atoms with Gasteiger partial charge in [-0.1, -0.05) is 0 Å². The maximum atomic E-state index is 10.7. The van der Waals surface area contributed by atoms with Crippen LogP contribution in [0.4, 0.5) is 0 Å². The Balaban J connectivity index is 2.81. The van der Waals surface area contributed by atoms with Crippen molar-refractivity contribution in [1.29, 1.82) is 0 Å². The van der Waals surface area contributed by atoms with Crippen LogP contribution in [0.15, 0.2) is 16.4 Å². The van der Waals surface area contributed by atoms with Crippen LogP contribution >= 0.6 is 0 Å². The second-order valence-corrected chi connectivity index (χ2v) is 2.34. The lowest BCUT2D eigenvalue weighted by atomic mass is 10.1. The van der Waals surface area contributed by atoms with E-state index in [-0.39, 0.29) is 5.91 Å². The van der Waals surface area contributed by atoms with Crippen LogP contribution in [0.2, 0.25) is 0 Å². The van der Waals surface area contributed by atoms with Crippen LogP contribution in [-0.4, -0.2) is 12.6 Å². The summed E-state index contributed by atoms with van der Waals surface area (Å²) in [5.74, 6) is 0.671. The minimum Gasteiger partial charge on any atom is -0.311 e. The molecule has 1 aliphatic heterocycles. The summed E-state index contributed by atoms with van der Waals surface area (Å²) in [6.45, 7) is 5.29. The summed E-state index contributed by atoms with van der Waals surface area (Å²) in [5, 5.41) is 2.63. The summed E-state index contributed by atoms with van der Waals surface area (Å²) in [5.41, 5.74) is 1.11. The summed E-state index contributed by atoms with van der Waals surface area (Å²) < 4.78 is 0. The largest absolute Gasteiger partial charge is 0.311 e. The van der Waals surface area contributed by atoms with Gasteiger partial charge in [0.25, 0.3) is 0 Å². The molecule has 3 heteroatoms. The standard InChI is InChI=1S/C7H10N2O/c1-5-3-4-6(10)9-7(5)8-2/h2-4H2,1H3,(H,9,10). The Hall–Kier alpha value is -1.12. The van der Waals surface area contributed by atoms with Gasteiger partial charge in [-0.2, -0.15) is 0 Å². The van der Waals surface area contributed by atoms with E-state index in [0.717, 1.165) is 12.0 Å². The average Bonchev–Trinajstić information content (AvgIpc) is 1.94. The van der Waals surface area contributed by atoms with Crippen LogP contribution in [0.25, 0.3) is 0 Å². The van der Waals surface area contributed by atoms with Crippen molar-refractivity contribution in [2.45, 2.75) is 19.8 Å². The molecule has 0 fully saturated rings. The molecule has 3 nitrogen and oxygen atoms in total. The van der Waals surface area contributed by atoms with Gasteiger partial charge in [-0.05, 0) is 25.6 Å². The average molecular weight is 138 g/mol. The first-order chi connectivity index (χ1) is 4.74. The van der Waals surface area contributed by atoms with Gasteiger partial charge in [0.1, 0.15) is 5.82 Å². The van der Waals surface area contributed by atoms with Crippen LogP contribution in [-0.2, 0) is 4.79 Å². The third-order valence-electron chi connectivity index (χ3n) is 1.55. The molecule has 0 aliphatic carbocycles. The summed E-state index contributed by atoms with van der Waals surface area (Å²) >= 11 is 0. The normalized spacial score (nSPS) is 18.7. The number of carbonyl (C=O) groups is 1. The molecule has 1 N–H and O–H groups in total. The minimum atomic E-state index is 0.0352. The number of nitrogens with one attached hydrogen (secondary N) is 1. The van der Waals surface area contributed by atoms with Gasteiger partial charge in [-0.25, -0.2) is 4.99 Å². The molecule has 54 valence electrons. The smallest absolute Gasteiger partial charge is 0.225 e. The van der Waals surface area contributed by atoms with E-state index in [1.807, 2.05) is 6.92 Å². The highest BCUT2D eigenvalue weighted by atomic mass is 16.1. The molecule has 1 amide bonds. The number of allylic oxidation sites excluding steroid dienone is 1. The molecule has 0 saturated heterocycles. The van der Waals surface area contributed by atoms with Crippen molar-refractivity contribution in [2.75, 3.05) is 0 Å². The SMILES string of the molecule is C=NC1=C(C)CCC(=O)N1. The zero-order valence-corrected chi connectivity index (χ0v) is 5.98. The first-order valence-corrected chi connectivity index (χ1v) is 3.20. The van der Waals surface area contributed by atoms with Crippen molar-refractivity contribution in [3.63, 3.8) is 0 Å². The molecule has 1 aliphatic rings. The summed E-state index contributed by atoms with van der Waals surface area (Å²) in [6.07, 6.45) is 1.38. The molecule has 1 rings (SSSR count). The number of amides is 1. The fraction of sp³-hybridized carbons (Fsp3) is 0.429.